The van der Waals surface area contributed by atoms with Crippen molar-refractivity contribution in [1.29, 1.82) is 0 Å². The maximum Gasteiger partial charge on any atom is 0.170 e. The number of hydrogen-bond donors (Lipinski definition) is 0. The molecule has 0 N–H and O–H groups in total. The lowest BCUT2D eigenvalue weighted by Gasteiger charge is -2.21. The first kappa shape index (κ1) is 10.2. The van der Waals surface area contributed by atoms with Crippen LogP contribution in [-0.4, -0.2) is 18.0 Å². The number of hydrogen-bond acceptors (Lipinski definition) is 2. The van der Waals surface area contributed by atoms with E-state index in [1.54, 1.807) is 14.8 Å². The molecule has 0 amide bonds. The fraction of sp³-hybridized carbons (Fsp3) is 0.556. The standard InChI is InChI=1S/C9H14BFN2/c1-5-6(9(2,3)4)7(11)8(10)13-12-5/h10H2,1-4H3. The number of rotatable bonds is 0. The van der Waals surface area contributed by atoms with Crippen molar-refractivity contribution in [3.8, 4) is 0 Å². The van der Waals surface area contributed by atoms with Crippen LogP contribution in [0.4, 0.5) is 4.39 Å². The Labute approximate surface area is 79.0 Å². The highest BCUT2D eigenvalue weighted by Gasteiger charge is 2.23. The predicted molar refractivity (Wildman–Crippen MR) is 53.6 cm³/mol. The molecule has 0 saturated heterocycles. The zero-order chi connectivity index (χ0) is 10.2. The Morgan fingerprint density at radius 2 is 1.77 bits per heavy atom. The van der Waals surface area contributed by atoms with Crippen molar-refractivity contribution < 1.29 is 4.39 Å². The summed E-state index contributed by atoms with van der Waals surface area (Å²) in [5, 5.41) is 7.64. The van der Waals surface area contributed by atoms with E-state index in [9.17, 15) is 4.39 Å². The van der Waals surface area contributed by atoms with Gasteiger partial charge in [-0.15, -0.1) is 0 Å². The molecule has 0 aliphatic rings. The van der Waals surface area contributed by atoms with Gasteiger partial charge in [-0.3, -0.25) is 0 Å². The molecule has 70 valence electrons. The monoisotopic (exact) mass is 180 g/mol. The lowest BCUT2D eigenvalue weighted by molar-refractivity contribution is 0.513. The molecule has 2 nitrogen and oxygen atoms in total. The lowest BCUT2D eigenvalue weighted by Crippen LogP contribution is -2.26. The minimum Gasteiger partial charge on any atom is -0.206 e. The van der Waals surface area contributed by atoms with Crippen molar-refractivity contribution in [3.05, 3.63) is 17.1 Å². The van der Waals surface area contributed by atoms with Gasteiger partial charge in [0.2, 0.25) is 0 Å². The molecule has 1 rings (SSSR count). The second-order valence-electron chi connectivity index (χ2n) is 4.31. The zero-order valence-electron chi connectivity index (χ0n) is 8.77. The van der Waals surface area contributed by atoms with Crippen LogP contribution in [0.5, 0.6) is 0 Å². The summed E-state index contributed by atoms with van der Waals surface area (Å²) in [6, 6.07) is 0. The molecule has 0 unspecified atom stereocenters. The summed E-state index contributed by atoms with van der Waals surface area (Å²) in [7, 11) is 1.64. The van der Waals surface area contributed by atoms with Crippen molar-refractivity contribution in [3.63, 3.8) is 0 Å². The van der Waals surface area contributed by atoms with Gasteiger partial charge in [0.1, 0.15) is 5.82 Å². The van der Waals surface area contributed by atoms with E-state index < -0.39 is 0 Å². The molecule has 1 aromatic rings. The molecule has 13 heavy (non-hydrogen) atoms. The van der Waals surface area contributed by atoms with E-state index in [1.165, 1.54) is 0 Å². The van der Waals surface area contributed by atoms with Crippen LogP contribution in [0.25, 0.3) is 0 Å². The summed E-state index contributed by atoms with van der Waals surface area (Å²) >= 11 is 0. The Kier molecular flexibility index (Phi) is 2.41. The van der Waals surface area contributed by atoms with E-state index in [2.05, 4.69) is 10.2 Å². The van der Waals surface area contributed by atoms with Gasteiger partial charge in [-0.25, -0.2) is 4.39 Å². The third kappa shape index (κ3) is 1.87. The van der Waals surface area contributed by atoms with E-state index in [-0.39, 0.29) is 11.2 Å². The van der Waals surface area contributed by atoms with Gasteiger partial charge in [-0.2, -0.15) is 10.2 Å². The van der Waals surface area contributed by atoms with Gasteiger partial charge in [0.25, 0.3) is 0 Å². The van der Waals surface area contributed by atoms with Gasteiger partial charge in [0.15, 0.2) is 7.85 Å². The molecule has 0 aliphatic carbocycles. The smallest absolute Gasteiger partial charge is 0.170 e. The zero-order valence-corrected chi connectivity index (χ0v) is 8.77. The fourth-order valence-electron chi connectivity index (χ4n) is 1.46. The molecule has 0 radical (unpaired) electrons. The fourth-order valence-corrected chi connectivity index (χ4v) is 1.46. The van der Waals surface area contributed by atoms with Crippen LogP contribution in [-0.2, 0) is 5.41 Å². The molecule has 0 saturated carbocycles. The third-order valence-corrected chi connectivity index (χ3v) is 2.00. The van der Waals surface area contributed by atoms with Crippen molar-refractivity contribution in [2.45, 2.75) is 33.1 Å². The first-order valence-electron chi connectivity index (χ1n) is 4.34. The maximum atomic E-state index is 13.7. The van der Waals surface area contributed by atoms with E-state index in [0.717, 1.165) is 0 Å². The Balaban J connectivity index is 3.43. The Morgan fingerprint density at radius 3 is 2.15 bits per heavy atom. The second kappa shape index (κ2) is 3.09. The topological polar surface area (TPSA) is 25.8 Å². The molecule has 0 bridgehead atoms. The van der Waals surface area contributed by atoms with Crippen molar-refractivity contribution in [1.82, 2.24) is 10.2 Å². The second-order valence-corrected chi connectivity index (χ2v) is 4.31. The highest BCUT2D eigenvalue weighted by Crippen LogP contribution is 2.25. The number of nitrogens with zero attached hydrogens (tertiary/aromatic N) is 2. The van der Waals surface area contributed by atoms with Gasteiger partial charge in [-0.05, 0) is 12.3 Å². The van der Waals surface area contributed by atoms with E-state index in [4.69, 9.17) is 0 Å². The minimum atomic E-state index is -0.222. The van der Waals surface area contributed by atoms with Crippen molar-refractivity contribution >= 4 is 13.4 Å². The van der Waals surface area contributed by atoms with Crippen LogP contribution in [0.2, 0.25) is 0 Å². The van der Waals surface area contributed by atoms with Crippen LogP contribution >= 0.6 is 0 Å². The minimum absolute atomic E-state index is 0.213. The summed E-state index contributed by atoms with van der Waals surface area (Å²) < 4.78 is 13.7. The molecule has 0 aromatic carbocycles. The highest BCUT2D eigenvalue weighted by atomic mass is 19.1. The predicted octanol–water partition coefficient (Wildman–Crippen LogP) is 0.480. The molecule has 4 heteroatoms. The summed E-state index contributed by atoms with van der Waals surface area (Å²) in [5.41, 5.74) is 1.50. The average Bonchev–Trinajstić information content (AvgIpc) is 1.95. The van der Waals surface area contributed by atoms with Gasteiger partial charge >= 0.3 is 0 Å². The van der Waals surface area contributed by atoms with Gasteiger partial charge in [0.05, 0.1) is 11.3 Å². The molecule has 0 fully saturated rings. The number of aryl methyl sites for hydroxylation is 1. The van der Waals surface area contributed by atoms with Crippen LogP contribution in [0.3, 0.4) is 0 Å². The van der Waals surface area contributed by atoms with E-state index >= 15 is 0 Å². The normalized spacial score (nSPS) is 11.8. The van der Waals surface area contributed by atoms with Gasteiger partial charge < -0.3 is 0 Å². The lowest BCUT2D eigenvalue weighted by atomic mass is 9.84. The van der Waals surface area contributed by atoms with Crippen molar-refractivity contribution in [2.24, 2.45) is 0 Å². The molecule has 0 aliphatic heterocycles. The Bertz CT molecular complexity index is 331. The molecule has 0 atom stereocenters. The SMILES string of the molecule is Bc1nnc(C)c(C(C)(C)C)c1F. The Morgan fingerprint density at radius 1 is 1.23 bits per heavy atom. The summed E-state index contributed by atoms with van der Waals surface area (Å²) in [5.74, 6) is -0.222. The molecular formula is C9H14BFN2. The number of aromatic nitrogens is 2. The molecular weight excluding hydrogens is 166 g/mol. The van der Waals surface area contributed by atoms with E-state index in [0.29, 0.717) is 16.9 Å². The first-order chi connectivity index (χ1) is 5.84. The van der Waals surface area contributed by atoms with Crippen molar-refractivity contribution in [2.75, 3.05) is 0 Å². The molecule has 1 aromatic heterocycles. The highest BCUT2D eigenvalue weighted by molar-refractivity contribution is 6.30. The Hall–Kier alpha value is -0.925. The van der Waals surface area contributed by atoms with Crippen LogP contribution < -0.4 is 5.59 Å². The van der Waals surface area contributed by atoms with Crippen LogP contribution in [0.15, 0.2) is 0 Å². The van der Waals surface area contributed by atoms with Gasteiger partial charge in [0, 0.05) is 5.56 Å². The first-order valence-corrected chi connectivity index (χ1v) is 4.34. The van der Waals surface area contributed by atoms with Gasteiger partial charge in [-0.1, -0.05) is 20.8 Å². The summed E-state index contributed by atoms with van der Waals surface area (Å²) in [4.78, 5) is 0. The largest absolute Gasteiger partial charge is 0.206 e. The average molecular weight is 180 g/mol. The summed E-state index contributed by atoms with van der Waals surface area (Å²) in [6.07, 6.45) is 0. The molecule has 1 heterocycles. The van der Waals surface area contributed by atoms with Crippen LogP contribution in [0, 0.1) is 12.7 Å². The third-order valence-electron chi connectivity index (χ3n) is 2.00. The molecule has 0 spiro atoms. The quantitative estimate of drug-likeness (QED) is 0.542. The number of halogens is 1. The van der Waals surface area contributed by atoms with E-state index in [1.807, 2.05) is 20.8 Å². The summed E-state index contributed by atoms with van der Waals surface area (Å²) in [6.45, 7) is 7.70. The maximum absolute atomic E-state index is 13.7. The van der Waals surface area contributed by atoms with Crippen LogP contribution in [0.1, 0.15) is 32.0 Å².